The van der Waals surface area contributed by atoms with E-state index in [4.69, 9.17) is 4.74 Å². The molecule has 198 valence electrons. The van der Waals surface area contributed by atoms with Crippen LogP contribution in [0.5, 0.6) is 5.88 Å². The van der Waals surface area contributed by atoms with Gasteiger partial charge in [0.25, 0.3) is 5.56 Å². The fourth-order valence-electron chi connectivity index (χ4n) is 4.40. The Morgan fingerprint density at radius 2 is 1.74 bits per heavy atom. The van der Waals surface area contributed by atoms with Crippen LogP contribution in [0.15, 0.2) is 81.4 Å². The number of hydrogen-bond donors (Lipinski definition) is 1. The van der Waals surface area contributed by atoms with Crippen molar-refractivity contribution in [2.24, 2.45) is 0 Å². The Kier molecular flexibility index (Phi) is 8.03. The molecule has 0 radical (unpaired) electrons. The summed E-state index contributed by atoms with van der Waals surface area (Å²) >= 11 is 0. The Morgan fingerprint density at radius 1 is 1.05 bits per heavy atom. The maximum Gasteiger partial charge on any atom is 0.296 e. The van der Waals surface area contributed by atoms with Crippen LogP contribution in [-0.2, 0) is 21.2 Å². The number of halogens is 1. The van der Waals surface area contributed by atoms with Crippen LogP contribution in [0.3, 0.4) is 0 Å². The lowest BCUT2D eigenvalue weighted by molar-refractivity contribution is 0.121. The van der Waals surface area contributed by atoms with Crippen LogP contribution in [0, 0.1) is 12.9 Å². The normalized spacial score (nSPS) is 12.4. The van der Waals surface area contributed by atoms with Crippen molar-refractivity contribution >= 4 is 9.84 Å². The van der Waals surface area contributed by atoms with Gasteiger partial charge < -0.3 is 9.84 Å². The van der Waals surface area contributed by atoms with Gasteiger partial charge in [0.15, 0.2) is 4.90 Å². The summed E-state index contributed by atoms with van der Waals surface area (Å²) in [6.45, 7) is 5.50. The molecule has 38 heavy (non-hydrogen) atoms. The van der Waals surface area contributed by atoms with Gasteiger partial charge in [0.1, 0.15) is 12.4 Å². The number of nitrogens with zero attached hydrogens (tertiary/aromatic N) is 3. The number of rotatable bonds is 9. The SMILES string of the molecule is CCOCc1nc(=O)c(S(=O)(=O)c2ccc(-c3ccnc(F)c3C)cc2)c(O)n1[C@@H](CC)c1ccccc1. The van der Waals surface area contributed by atoms with Gasteiger partial charge in [-0.25, -0.2) is 13.4 Å². The van der Waals surface area contributed by atoms with Crippen molar-refractivity contribution in [3.63, 3.8) is 0 Å². The van der Waals surface area contributed by atoms with E-state index in [1.807, 2.05) is 37.3 Å². The number of pyridine rings is 1. The van der Waals surface area contributed by atoms with Crippen molar-refractivity contribution in [2.75, 3.05) is 6.61 Å². The van der Waals surface area contributed by atoms with Crippen LogP contribution < -0.4 is 5.56 Å². The Balaban J connectivity index is 1.86. The molecule has 4 rings (SSSR count). The van der Waals surface area contributed by atoms with Gasteiger partial charge in [-0.2, -0.15) is 9.37 Å². The topological polar surface area (TPSA) is 111 Å². The second-order valence-corrected chi connectivity index (χ2v) is 10.5. The van der Waals surface area contributed by atoms with E-state index in [1.165, 1.54) is 35.0 Å². The first-order valence-electron chi connectivity index (χ1n) is 12.1. The van der Waals surface area contributed by atoms with Crippen molar-refractivity contribution in [1.29, 1.82) is 0 Å². The van der Waals surface area contributed by atoms with Crippen molar-refractivity contribution in [2.45, 2.75) is 49.6 Å². The molecule has 0 amide bonds. The molecule has 0 spiro atoms. The highest BCUT2D eigenvalue weighted by atomic mass is 32.2. The van der Waals surface area contributed by atoms with Crippen LogP contribution in [0.25, 0.3) is 11.1 Å². The zero-order valence-corrected chi connectivity index (χ0v) is 22.1. The number of ether oxygens (including phenoxy) is 1. The van der Waals surface area contributed by atoms with Crippen LogP contribution >= 0.6 is 0 Å². The summed E-state index contributed by atoms with van der Waals surface area (Å²) < 4.78 is 48.1. The smallest absolute Gasteiger partial charge is 0.296 e. The molecule has 1 atom stereocenters. The molecule has 4 aromatic rings. The summed E-state index contributed by atoms with van der Waals surface area (Å²) in [4.78, 5) is 19.7. The molecule has 0 unspecified atom stereocenters. The molecule has 0 saturated carbocycles. The molecular weight excluding hydrogens is 509 g/mol. The van der Waals surface area contributed by atoms with E-state index in [2.05, 4.69) is 9.97 Å². The highest BCUT2D eigenvalue weighted by Gasteiger charge is 2.32. The molecule has 2 aromatic carbocycles. The van der Waals surface area contributed by atoms with Crippen molar-refractivity contribution in [3.05, 3.63) is 100 Å². The molecule has 0 aliphatic rings. The van der Waals surface area contributed by atoms with Crippen LogP contribution in [-0.4, -0.2) is 34.7 Å². The molecule has 1 N–H and O–H groups in total. The van der Waals surface area contributed by atoms with Crippen molar-refractivity contribution in [1.82, 2.24) is 14.5 Å². The third-order valence-electron chi connectivity index (χ3n) is 6.34. The minimum Gasteiger partial charge on any atom is -0.493 e. The maximum absolute atomic E-state index is 13.9. The maximum atomic E-state index is 13.9. The molecule has 0 saturated heterocycles. The summed E-state index contributed by atoms with van der Waals surface area (Å²) in [6, 6.07) is 16.0. The minimum atomic E-state index is -4.47. The van der Waals surface area contributed by atoms with Crippen LogP contribution in [0.4, 0.5) is 4.39 Å². The molecule has 0 bridgehead atoms. The summed E-state index contributed by atoms with van der Waals surface area (Å²) in [5.74, 6) is -1.20. The molecule has 8 nitrogen and oxygen atoms in total. The Hall–Kier alpha value is -3.89. The Labute approximate surface area is 220 Å². The third kappa shape index (κ3) is 5.09. The van der Waals surface area contributed by atoms with Gasteiger partial charge in [-0.15, -0.1) is 0 Å². The van der Waals surface area contributed by atoms with E-state index in [9.17, 15) is 22.7 Å². The first-order valence-corrected chi connectivity index (χ1v) is 13.6. The highest BCUT2D eigenvalue weighted by Crippen LogP contribution is 2.34. The zero-order valence-electron chi connectivity index (χ0n) is 21.3. The highest BCUT2D eigenvalue weighted by molar-refractivity contribution is 7.91. The van der Waals surface area contributed by atoms with E-state index in [0.29, 0.717) is 29.7 Å². The number of aromatic nitrogens is 3. The average molecular weight is 538 g/mol. The van der Waals surface area contributed by atoms with E-state index in [1.54, 1.807) is 19.9 Å². The zero-order chi connectivity index (χ0) is 27.4. The lowest BCUT2D eigenvalue weighted by Gasteiger charge is -2.25. The minimum absolute atomic E-state index is 0.0838. The van der Waals surface area contributed by atoms with Gasteiger partial charge in [-0.05, 0) is 55.2 Å². The number of hydrogen-bond acceptors (Lipinski definition) is 7. The Bertz CT molecular complexity index is 1600. The molecule has 10 heteroatoms. The van der Waals surface area contributed by atoms with E-state index >= 15 is 0 Å². The summed E-state index contributed by atoms with van der Waals surface area (Å²) in [6.07, 6.45) is 1.81. The average Bonchev–Trinajstić information content (AvgIpc) is 2.91. The van der Waals surface area contributed by atoms with Gasteiger partial charge in [-0.1, -0.05) is 49.4 Å². The molecule has 0 aliphatic carbocycles. The number of aromatic hydroxyl groups is 1. The summed E-state index contributed by atoms with van der Waals surface area (Å²) in [5.41, 5.74) is 1.19. The fraction of sp³-hybridized carbons (Fsp3) is 0.250. The van der Waals surface area contributed by atoms with E-state index < -0.39 is 38.2 Å². The number of benzene rings is 2. The lowest BCUT2D eigenvalue weighted by Crippen LogP contribution is -2.28. The first-order chi connectivity index (χ1) is 18.2. The third-order valence-corrected chi connectivity index (χ3v) is 8.13. The van der Waals surface area contributed by atoms with Gasteiger partial charge in [0.05, 0.1) is 10.9 Å². The molecule has 0 fully saturated rings. The summed E-state index contributed by atoms with van der Waals surface area (Å²) in [5, 5.41) is 11.3. The van der Waals surface area contributed by atoms with Gasteiger partial charge in [0.2, 0.25) is 21.7 Å². The quantitative estimate of drug-likeness (QED) is 0.305. The molecule has 0 aliphatic heterocycles. The predicted octanol–water partition coefficient (Wildman–Crippen LogP) is 4.83. The Morgan fingerprint density at radius 3 is 2.37 bits per heavy atom. The fourth-order valence-corrected chi connectivity index (χ4v) is 5.75. The van der Waals surface area contributed by atoms with Crippen LogP contribution in [0.1, 0.15) is 43.3 Å². The van der Waals surface area contributed by atoms with Crippen LogP contribution in [0.2, 0.25) is 0 Å². The van der Waals surface area contributed by atoms with E-state index in [-0.39, 0.29) is 17.3 Å². The standard InChI is InChI=1S/C28H28FN3O5S/c1-4-23(20-9-7-6-8-10-20)32-24(17-37-5-2)31-27(33)25(28(32)34)38(35,36)21-13-11-19(12-14-21)22-15-16-30-26(29)18(22)3/h6-16,23,34H,4-5,17H2,1-3H3/t23-/m0/s1. The predicted molar refractivity (Wildman–Crippen MR) is 140 cm³/mol. The molecule has 2 heterocycles. The van der Waals surface area contributed by atoms with Crippen molar-refractivity contribution < 1.29 is 22.7 Å². The first kappa shape index (κ1) is 27.2. The molecule has 2 aromatic heterocycles. The van der Waals surface area contributed by atoms with E-state index in [0.717, 1.165) is 5.56 Å². The van der Waals surface area contributed by atoms with Crippen molar-refractivity contribution in [3.8, 4) is 17.0 Å². The van der Waals surface area contributed by atoms with Gasteiger partial charge in [0, 0.05) is 18.4 Å². The van der Waals surface area contributed by atoms with Gasteiger partial charge in [-0.3, -0.25) is 9.36 Å². The molecular formula is C28H28FN3O5S. The number of sulfone groups is 1. The monoisotopic (exact) mass is 537 g/mol. The summed E-state index contributed by atoms with van der Waals surface area (Å²) in [7, 11) is -4.47. The lowest BCUT2D eigenvalue weighted by atomic mass is 10.0. The second kappa shape index (κ2) is 11.2. The van der Waals surface area contributed by atoms with Gasteiger partial charge >= 0.3 is 0 Å². The second-order valence-electron chi connectivity index (χ2n) is 8.63. The largest absolute Gasteiger partial charge is 0.493 e.